The van der Waals surface area contributed by atoms with Gasteiger partial charge in [0.15, 0.2) is 0 Å². The van der Waals surface area contributed by atoms with Crippen molar-refractivity contribution in [2.24, 2.45) is 0 Å². The fourth-order valence-corrected chi connectivity index (χ4v) is 3.27. The number of carbonyl (C=O) groups is 1. The van der Waals surface area contributed by atoms with Crippen LogP contribution in [-0.4, -0.2) is 18.4 Å². The van der Waals surface area contributed by atoms with E-state index in [0.717, 1.165) is 24.8 Å². The van der Waals surface area contributed by atoms with Gasteiger partial charge in [0.05, 0.1) is 0 Å². The van der Waals surface area contributed by atoms with Gasteiger partial charge in [-0.25, -0.2) is 0 Å². The SMILES string of the molecule is CCCCCCCN1c2ccc(C=O)cc2CC1(C)C. The van der Waals surface area contributed by atoms with Crippen molar-refractivity contribution in [1.82, 2.24) is 0 Å². The van der Waals surface area contributed by atoms with Gasteiger partial charge in [-0.2, -0.15) is 0 Å². The molecule has 1 aromatic rings. The molecule has 1 aliphatic rings. The Morgan fingerprint density at radius 2 is 1.95 bits per heavy atom. The van der Waals surface area contributed by atoms with Crippen molar-refractivity contribution in [2.75, 3.05) is 11.4 Å². The lowest BCUT2D eigenvalue weighted by Crippen LogP contribution is -2.41. The third-order valence-electron chi connectivity index (χ3n) is 4.37. The minimum absolute atomic E-state index is 0.175. The Morgan fingerprint density at radius 3 is 2.65 bits per heavy atom. The van der Waals surface area contributed by atoms with Gasteiger partial charge in [-0.3, -0.25) is 4.79 Å². The average molecular weight is 273 g/mol. The van der Waals surface area contributed by atoms with Crippen LogP contribution < -0.4 is 4.90 Å². The zero-order valence-electron chi connectivity index (χ0n) is 13.1. The molecule has 0 fully saturated rings. The number of aldehydes is 1. The van der Waals surface area contributed by atoms with Crippen molar-refractivity contribution in [3.63, 3.8) is 0 Å². The lowest BCUT2D eigenvalue weighted by molar-refractivity contribution is 0.112. The topological polar surface area (TPSA) is 20.3 Å². The summed E-state index contributed by atoms with van der Waals surface area (Å²) in [6.45, 7) is 7.99. The van der Waals surface area contributed by atoms with E-state index in [-0.39, 0.29) is 5.54 Å². The Morgan fingerprint density at radius 1 is 1.20 bits per heavy atom. The van der Waals surface area contributed by atoms with Crippen LogP contribution >= 0.6 is 0 Å². The predicted molar refractivity (Wildman–Crippen MR) is 85.7 cm³/mol. The molecular weight excluding hydrogens is 246 g/mol. The van der Waals surface area contributed by atoms with Gasteiger partial charge >= 0.3 is 0 Å². The quantitative estimate of drug-likeness (QED) is 0.534. The van der Waals surface area contributed by atoms with E-state index in [1.54, 1.807) is 0 Å². The maximum atomic E-state index is 10.9. The minimum Gasteiger partial charge on any atom is -0.366 e. The molecule has 0 radical (unpaired) electrons. The maximum absolute atomic E-state index is 10.9. The number of hydrogen-bond donors (Lipinski definition) is 0. The van der Waals surface area contributed by atoms with Crippen molar-refractivity contribution in [2.45, 2.75) is 64.8 Å². The first kappa shape index (κ1) is 15.1. The van der Waals surface area contributed by atoms with Gasteiger partial charge in [-0.1, -0.05) is 32.6 Å². The number of carbonyl (C=O) groups excluding carboxylic acids is 1. The van der Waals surface area contributed by atoms with Gasteiger partial charge in [0.2, 0.25) is 0 Å². The van der Waals surface area contributed by atoms with Gasteiger partial charge < -0.3 is 4.90 Å². The lowest BCUT2D eigenvalue weighted by atomic mass is 9.98. The first-order valence-electron chi connectivity index (χ1n) is 7.94. The molecule has 2 heteroatoms. The normalized spacial score (nSPS) is 16.2. The van der Waals surface area contributed by atoms with Crippen molar-refractivity contribution in [3.8, 4) is 0 Å². The number of rotatable bonds is 7. The monoisotopic (exact) mass is 273 g/mol. The summed E-state index contributed by atoms with van der Waals surface area (Å²) < 4.78 is 0. The number of unbranched alkanes of at least 4 members (excludes halogenated alkanes) is 4. The third-order valence-corrected chi connectivity index (χ3v) is 4.37. The Hall–Kier alpha value is -1.31. The Bertz CT molecular complexity index is 464. The van der Waals surface area contributed by atoms with Crippen LogP contribution in [0.4, 0.5) is 5.69 Å². The van der Waals surface area contributed by atoms with E-state index < -0.39 is 0 Å². The summed E-state index contributed by atoms with van der Waals surface area (Å²) in [7, 11) is 0. The summed E-state index contributed by atoms with van der Waals surface area (Å²) in [6.07, 6.45) is 8.57. The van der Waals surface area contributed by atoms with Crippen LogP contribution in [0.1, 0.15) is 68.8 Å². The molecule has 0 spiro atoms. The summed E-state index contributed by atoms with van der Waals surface area (Å²) >= 11 is 0. The third kappa shape index (κ3) is 3.23. The summed E-state index contributed by atoms with van der Waals surface area (Å²) in [6, 6.07) is 6.12. The molecule has 0 bridgehead atoms. The summed E-state index contributed by atoms with van der Waals surface area (Å²) in [5, 5.41) is 0. The molecule has 20 heavy (non-hydrogen) atoms. The highest BCUT2D eigenvalue weighted by Gasteiger charge is 2.35. The zero-order valence-corrected chi connectivity index (χ0v) is 13.1. The minimum atomic E-state index is 0.175. The maximum Gasteiger partial charge on any atom is 0.150 e. The average Bonchev–Trinajstić information content (AvgIpc) is 2.68. The van der Waals surface area contributed by atoms with Gasteiger partial charge in [0, 0.05) is 23.3 Å². The van der Waals surface area contributed by atoms with Gasteiger partial charge in [0.25, 0.3) is 0 Å². The Kier molecular flexibility index (Phi) is 4.85. The van der Waals surface area contributed by atoms with Crippen molar-refractivity contribution in [3.05, 3.63) is 29.3 Å². The van der Waals surface area contributed by atoms with E-state index in [9.17, 15) is 4.79 Å². The molecule has 110 valence electrons. The molecule has 0 N–H and O–H groups in total. The van der Waals surface area contributed by atoms with Crippen LogP contribution in [0, 0.1) is 0 Å². The highest BCUT2D eigenvalue weighted by molar-refractivity contribution is 5.78. The second kappa shape index (κ2) is 6.43. The number of nitrogens with zero attached hydrogens (tertiary/aromatic N) is 1. The van der Waals surface area contributed by atoms with E-state index in [1.165, 1.54) is 43.4 Å². The molecule has 0 saturated heterocycles. The predicted octanol–water partition coefficient (Wildman–Crippen LogP) is 4.61. The first-order chi connectivity index (χ1) is 9.58. The molecule has 2 nitrogen and oxygen atoms in total. The van der Waals surface area contributed by atoms with Gasteiger partial charge in [0.1, 0.15) is 6.29 Å². The van der Waals surface area contributed by atoms with E-state index in [2.05, 4.69) is 37.8 Å². The highest BCUT2D eigenvalue weighted by Crippen LogP contribution is 2.39. The molecule has 1 aliphatic heterocycles. The lowest BCUT2D eigenvalue weighted by Gasteiger charge is -2.34. The molecule has 0 unspecified atom stereocenters. The number of benzene rings is 1. The second-order valence-electron chi connectivity index (χ2n) is 6.56. The van der Waals surface area contributed by atoms with Gasteiger partial charge in [-0.05, 0) is 50.5 Å². The van der Waals surface area contributed by atoms with Crippen LogP contribution in [0.5, 0.6) is 0 Å². The molecule has 0 atom stereocenters. The van der Waals surface area contributed by atoms with Crippen LogP contribution in [0.25, 0.3) is 0 Å². The fourth-order valence-electron chi connectivity index (χ4n) is 3.27. The summed E-state index contributed by atoms with van der Waals surface area (Å²) in [4.78, 5) is 13.4. The van der Waals surface area contributed by atoms with Crippen LogP contribution in [0.15, 0.2) is 18.2 Å². The smallest absolute Gasteiger partial charge is 0.150 e. The fraction of sp³-hybridized carbons (Fsp3) is 0.611. The second-order valence-corrected chi connectivity index (χ2v) is 6.56. The molecule has 0 aromatic heterocycles. The highest BCUT2D eigenvalue weighted by atomic mass is 16.1. The standard InChI is InChI=1S/C18H27NO/c1-4-5-6-7-8-11-19-17-10-9-15(14-20)12-16(17)13-18(19,2)3/h9-10,12,14H,4-8,11,13H2,1-3H3. The molecule has 1 heterocycles. The molecule has 0 aliphatic carbocycles. The number of anilines is 1. The number of hydrogen-bond acceptors (Lipinski definition) is 2. The van der Waals surface area contributed by atoms with E-state index in [0.29, 0.717) is 0 Å². The summed E-state index contributed by atoms with van der Waals surface area (Å²) in [5.41, 5.74) is 3.63. The van der Waals surface area contributed by atoms with Crippen LogP contribution in [0.3, 0.4) is 0 Å². The van der Waals surface area contributed by atoms with Gasteiger partial charge in [-0.15, -0.1) is 0 Å². The number of fused-ring (bicyclic) bond motifs is 1. The van der Waals surface area contributed by atoms with Crippen LogP contribution in [-0.2, 0) is 6.42 Å². The Balaban J connectivity index is 2.03. The van der Waals surface area contributed by atoms with E-state index >= 15 is 0 Å². The van der Waals surface area contributed by atoms with Crippen LogP contribution in [0.2, 0.25) is 0 Å². The largest absolute Gasteiger partial charge is 0.366 e. The Labute approximate surface area is 123 Å². The van der Waals surface area contributed by atoms with Crippen molar-refractivity contribution >= 4 is 12.0 Å². The van der Waals surface area contributed by atoms with E-state index in [1.807, 2.05) is 6.07 Å². The molecule has 2 rings (SSSR count). The van der Waals surface area contributed by atoms with E-state index in [4.69, 9.17) is 0 Å². The molecule has 1 aromatic carbocycles. The summed E-state index contributed by atoms with van der Waals surface area (Å²) in [5.74, 6) is 0. The molecular formula is C18H27NO. The van der Waals surface area contributed by atoms with Crippen molar-refractivity contribution in [1.29, 1.82) is 0 Å². The molecule has 0 saturated carbocycles. The first-order valence-corrected chi connectivity index (χ1v) is 7.94. The zero-order chi connectivity index (χ0) is 14.6. The van der Waals surface area contributed by atoms with Crippen molar-refractivity contribution < 1.29 is 4.79 Å². The molecule has 0 amide bonds.